The molecule has 0 radical (unpaired) electrons. The second-order valence-corrected chi connectivity index (χ2v) is 6.25. The van der Waals surface area contributed by atoms with E-state index in [-0.39, 0.29) is 29.6 Å². The van der Waals surface area contributed by atoms with Gasteiger partial charge < -0.3 is 16.0 Å². The van der Waals surface area contributed by atoms with Crippen LogP contribution in [0.3, 0.4) is 0 Å². The molecule has 1 saturated heterocycles. The highest BCUT2D eigenvalue weighted by Crippen LogP contribution is 2.14. The lowest BCUT2D eigenvalue weighted by Gasteiger charge is -2.17. The van der Waals surface area contributed by atoms with E-state index in [1.807, 2.05) is 20.8 Å². The van der Waals surface area contributed by atoms with Crippen LogP contribution in [0.2, 0.25) is 0 Å². The van der Waals surface area contributed by atoms with E-state index in [0.29, 0.717) is 25.4 Å². The Hall–Kier alpha value is -0.810. The summed E-state index contributed by atoms with van der Waals surface area (Å²) >= 11 is 0. The molecule has 1 aliphatic rings. The standard InChI is InChI=1S/C14H27N3O2.ClH/c1-14(2,3)13(19)17-9-8-16-12(18)5-4-11-6-7-15-10-11;/h11,15H,4-10H2,1-3H3,(H,16,18)(H,17,19);1H. The van der Waals surface area contributed by atoms with Crippen molar-refractivity contribution in [2.75, 3.05) is 26.2 Å². The largest absolute Gasteiger partial charge is 0.354 e. The van der Waals surface area contributed by atoms with Crippen LogP contribution >= 0.6 is 12.4 Å². The van der Waals surface area contributed by atoms with Crippen LogP contribution in [0.25, 0.3) is 0 Å². The van der Waals surface area contributed by atoms with Crippen LogP contribution in [0.4, 0.5) is 0 Å². The lowest BCUT2D eigenvalue weighted by atomic mass is 9.96. The molecule has 1 heterocycles. The third-order valence-corrected chi connectivity index (χ3v) is 3.36. The van der Waals surface area contributed by atoms with E-state index in [0.717, 1.165) is 19.5 Å². The van der Waals surface area contributed by atoms with E-state index in [1.165, 1.54) is 6.42 Å². The highest BCUT2D eigenvalue weighted by Gasteiger charge is 2.20. The van der Waals surface area contributed by atoms with Crippen LogP contribution in [-0.2, 0) is 9.59 Å². The van der Waals surface area contributed by atoms with Gasteiger partial charge >= 0.3 is 0 Å². The zero-order chi connectivity index (χ0) is 14.3. The van der Waals surface area contributed by atoms with Gasteiger partial charge in [-0.2, -0.15) is 0 Å². The molecular weight excluding hydrogens is 278 g/mol. The minimum Gasteiger partial charge on any atom is -0.354 e. The van der Waals surface area contributed by atoms with Crippen LogP contribution in [0.15, 0.2) is 0 Å². The Kier molecular flexibility index (Phi) is 8.81. The maximum absolute atomic E-state index is 11.6. The summed E-state index contributed by atoms with van der Waals surface area (Å²) < 4.78 is 0. The predicted molar refractivity (Wildman–Crippen MR) is 82.9 cm³/mol. The van der Waals surface area contributed by atoms with Crippen LogP contribution in [0.1, 0.15) is 40.0 Å². The summed E-state index contributed by atoms with van der Waals surface area (Å²) in [6.07, 6.45) is 2.71. The number of carbonyl (C=O) groups excluding carboxylic acids is 2. The highest BCUT2D eigenvalue weighted by atomic mass is 35.5. The number of amides is 2. The molecule has 1 rings (SSSR count). The van der Waals surface area contributed by atoms with Gasteiger partial charge in [0, 0.05) is 24.9 Å². The molecule has 1 atom stereocenters. The van der Waals surface area contributed by atoms with Crippen LogP contribution < -0.4 is 16.0 Å². The molecule has 0 aliphatic carbocycles. The van der Waals surface area contributed by atoms with Gasteiger partial charge in [0.15, 0.2) is 0 Å². The zero-order valence-corrected chi connectivity index (χ0v) is 13.6. The normalized spacial score (nSPS) is 18.2. The average molecular weight is 306 g/mol. The Labute approximate surface area is 128 Å². The summed E-state index contributed by atoms with van der Waals surface area (Å²) in [6.45, 7) is 8.72. The van der Waals surface area contributed by atoms with Crippen molar-refractivity contribution in [3.8, 4) is 0 Å². The second-order valence-electron chi connectivity index (χ2n) is 6.25. The van der Waals surface area contributed by atoms with Gasteiger partial charge in [0.2, 0.25) is 11.8 Å². The molecule has 1 aliphatic heterocycles. The Bertz CT molecular complexity index is 310. The van der Waals surface area contributed by atoms with E-state index in [2.05, 4.69) is 16.0 Å². The van der Waals surface area contributed by atoms with E-state index in [4.69, 9.17) is 0 Å². The number of nitrogens with one attached hydrogen (secondary N) is 3. The molecule has 0 aromatic carbocycles. The van der Waals surface area contributed by atoms with Gasteiger partial charge in [-0.15, -0.1) is 12.4 Å². The van der Waals surface area contributed by atoms with Crippen molar-refractivity contribution in [1.29, 1.82) is 0 Å². The summed E-state index contributed by atoms with van der Waals surface area (Å²) in [7, 11) is 0. The van der Waals surface area contributed by atoms with Crippen molar-refractivity contribution < 1.29 is 9.59 Å². The number of halogens is 1. The maximum Gasteiger partial charge on any atom is 0.225 e. The van der Waals surface area contributed by atoms with Gasteiger partial charge in [-0.05, 0) is 31.8 Å². The Balaban J connectivity index is 0.00000361. The first-order valence-corrected chi connectivity index (χ1v) is 7.15. The van der Waals surface area contributed by atoms with Crippen molar-refractivity contribution in [2.45, 2.75) is 40.0 Å². The summed E-state index contributed by atoms with van der Waals surface area (Å²) in [5, 5.41) is 8.95. The molecule has 0 aromatic rings. The van der Waals surface area contributed by atoms with Gasteiger partial charge in [0.1, 0.15) is 0 Å². The minimum atomic E-state index is -0.376. The molecule has 0 bridgehead atoms. The fourth-order valence-corrected chi connectivity index (χ4v) is 2.03. The monoisotopic (exact) mass is 305 g/mol. The minimum absolute atomic E-state index is 0. The molecule has 5 nitrogen and oxygen atoms in total. The fraction of sp³-hybridized carbons (Fsp3) is 0.857. The lowest BCUT2D eigenvalue weighted by Crippen LogP contribution is -2.39. The van der Waals surface area contributed by atoms with Crippen molar-refractivity contribution in [3.63, 3.8) is 0 Å². The number of rotatable bonds is 6. The number of hydrogen-bond donors (Lipinski definition) is 3. The third-order valence-electron chi connectivity index (χ3n) is 3.36. The molecule has 20 heavy (non-hydrogen) atoms. The van der Waals surface area contributed by atoms with Gasteiger partial charge in [-0.25, -0.2) is 0 Å². The Morgan fingerprint density at radius 1 is 1.20 bits per heavy atom. The predicted octanol–water partition coefficient (Wildman–Crippen LogP) is 1.08. The smallest absolute Gasteiger partial charge is 0.225 e. The molecule has 0 spiro atoms. The van der Waals surface area contributed by atoms with Crippen LogP contribution in [0.5, 0.6) is 0 Å². The molecular formula is C14H28ClN3O2. The van der Waals surface area contributed by atoms with Crippen molar-refractivity contribution >= 4 is 24.2 Å². The molecule has 6 heteroatoms. The van der Waals surface area contributed by atoms with Crippen molar-refractivity contribution in [1.82, 2.24) is 16.0 Å². The second kappa shape index (κ2) is 9.19. The van der Waals surface area contributed by atoms with Crippen molar-refractivity contribution in [2.24, 2.45) is 11.3 Å². The quantitative estimate of drug-likeness (QED) is 0.643. The molecule has 2 amide bonds. The van der Waals surface area contributed by atoms with Crippen LogP contribution in [0, 0.1) is 11.3 Å². The Morgan fingerprint density at radius 2 is 1.85 bits per heavy atom. The number of carbonyl (C=O) groups is 2. The molecule has 3 N–H and O–H groups in total. The summed E-state index contributed by atoms with van der Waals surface area (Å²) in [6, 6.07) is 0. The van der Waals surface area contributed by atoms with E-state index < -0.39 is 0 Å². The SMILES string of the molecule is CC(C)(C)C(=O)NCCNC(=O)CCC1CCNC1.Cl. The molecule has 0 aromatic heterocycles. The number of hydrogen-bond acceptors (Lipinski definition) is 3. The summed E-state index contributed by atoms with van der Waals surface area (Å²) in [5.41, 5.74) is -0.376. The zero-order valence-electron chi connectivity index (χ0n) is 12.8. The molecule has 118 valence electrons. The first kappa shape index (κ1) is 19.2. The summed E-state index contributed by atoms with van der Waals surface area (Å²) in [5.74, 6) is 0.738. The first-order chi connectivity index (χ1) is 8.89. The first-order valence-electron chi connectivity index (χ1n) is 7.15. The van der Waals surface area contributed by atoms with E-state index in [9.17, 15) is 9.59 Å². The fourth-order valence-electron chi connectivity index (χ4n) is 2.03. The van der Waals surface area contributed by atoms with E-state index >= 15 is 0 Å². The van der Waals surface area contributed by atoms with Crippen molar-refractivity contribution in [3.05, 3.63) is 0 Å². The Morgan fingerprint density at radius 3 is 2.40 bits per heavy atom. The maximum atomic E-state index is 11.6. The van der Waals surface area contributed by atoms with Gasteiger partial charge in [-0.1, -0.05) is 20.8 Å². The topological polar surface area (TPSA) is 70.2 Å². The average Bonchev–Trinajstić information content (AvgIpc) is 2.83. The molecule has 1 fully saturated rings. The lowest BCUT2D eigenvalue weighted by molar-refractivity contribution is -0.128. The van der Waals surface area contributed by atoms with Gasteiger partial charge in [0.05, 0.1) is 0 Å². The highest BCUT2D eigenvalue weighted by molar-refractivity contribution is 5.85. The van der Waals surface area contributed by atoms with Gasteiger partial charge in [-0.3, -0.25) is 9.59 Å². The third kappa shape index (κ3) is 7.70. The van der Waals surface area contributed by atoms with Gasteiger partial charge in [0.25, 0.3) is 0 Å². The van der Waals surface area contributed by atoms with E-state index in [1.54, 1.807) is 0 Å². The molecule has 0 saturated carbocycles. The molecule has 1 unspecified atom stereocenters. The van der Waals surface area contributed by atoms with Crippen LogP contribution in [-0.4, -0.2) is 38.0 Å². The summed E-state index contributed by atoms with van der Waals surface area (Å²) in [4.78, 5) is 23.2.